The van der Waals surface area contributed by atoms with Gasteiger partial charge in [-0.15, -0.1) is 11.8 Å². The lowest BCUT2D eigenvalue weighted by molar-refractivity contribution is -0.142. The van der Waals surface area contributed by atoms with E-state index in [1.807, 2.05) is 18.0 Å². The molecule has 1 atom stereocenters. The van der Waals surface area contributed by atoms with Gasteiger partial charge in [0.25, 0.3) is 0 Å². The Bertz CT molecular complexity index is 400. The first-order chi connectivity index (χ1) is 7.13. The molecule has 4 nitrogen and oxygen atoms in total. The van der Waals surface area contributed by atoms with E-state index in [9.17, 15) is 4.79 Å². The molecule has 0 fully saturated rings. The summed E-state index contributed by atoms with van der Waals surface area (Å²) in [7, 11) is 1.92. The van der Waals surface area contributed by atoms with Gasteiger partial charge in [-0.3, -0.25) is 9.48 Å². The highest BCUT2D eigenvalue weighted by molar-refractivity contribution is 7.98. The fourth-order valence-corrected chi connectivity index (χ4v) is 2.89. The van der Waals surface area contributed by atoms with Gasteiger partial charge in [-0.1, -0.05) is 0 Å². The molecule has 0 amide bonds. The number of carbonyl (C=O) groups is 1. The van der Waals surface area contributed by atoms with Crippen molar-refractivity contribution in [2.24, 2.45) is 13.0 Å². The van der Waals surface area contributed by atoms with Gasteiger partial charge in [-0.05, 0) is 25.5 Å². The number of rotatable bonds is 2. The fraction of sp³-hybridized carbons (Fsp3) is 0.600. The minimum absolute atomic E-state index is 0.229. The first-order valence-electron chi connectivity index (χ1n) is 4.95. The summed E-state index contributed by atoms with van der Waals surface area (Å²) in [6.07, 6.45) is 4.14. The summed E-state index contributed by atoms with van der Waals surface area (Å²) in [5.41, 5.74) is 2.23. The van der Waals surface area contributed by atoms with Crippen LogP contribution in [0.4, 0.5) is 0 Å². The molecule has 1 heterocycles. The molecule has 0 aliphatic heterocycles. The third-order valence-corrected chi connectivity index (χ3v) is 3.79. The first kappa shape index (κ1) is 10.5. The highest BCUT2D eigenvalue weighted by atomic mass is 32.2. The van der Waals surface area contributed by atoms with Crippen molar-refractivity contribution < 1.29 is 9.90 Å². The number of aliphatic carboxylic acids is 1. The van der Waals surface area contributed by atoms with E-state index in [1.54, 1.807) is 11.8 Å². The van der Waals surface area contributed by atoms with Gasteiger partial charge in [0, 0.05) is 12.6 Å². The molecule has 0 spiro atoms. The van der Waals surface area contributed by atoms with Crippen molar-refractivity contribution in [2.75, 3.05) is 6.26 Å². The van der Waals surface area contributed by atoms with Crippen LogP contribution in [0.3, 0.4) is 0 Å². The topological polar surface area (TPSA) is 55.1 Å². The monoisotopic (exact) mass is 226 g/mol. The summed E-state index contributed by atoms with van der Waals surface area (Å²) in [4.78, 5) is 10.9. The van der Waals surface area contributed by atoms with E-state index in [4.69, 9.17) is 5.11 Å². The number of carboxylic acid groups (broad SMARTS) is 1. The van der Waals surface area contributed by atoms with Gasteiger partial charge in [0.1, 0.15) is 0 Å². The summed E-state index contributed by atoms with van der Waals surface area (Å²) in [6.45, 7) is 0. The second-order valence-electron chi connectivity index (χ2n) is 3.84. The normalized spacial score (nSPS) is 20.0. The van der Waals surface area contributed by atoms with Gasteiger partial charge in [0.05, 0.1) is 16.6 Å². The first-order valence-corrected chi connectivity index (χ1v) is 6.17. The molecule has 15 heavy (non-hydrogen) atoms. The van der Waals surface area contributed by atoms with Crippen LogP contribution in [0, 0.1) is 5.92 Å². The summed E-state index contributed by atoms with van der Waals surface area (Å²) < 4.78 is 1.86. The molecule has 0 aromatic carbocycles. The number of fused-ring (bicyclic) bond motifs is 1. The Hall–Kier alpha value is -0.970. The van der Waals surface area contributed by atoms with Gasteiger partial charge in [-0.25, -0.2) is 0 Å². The van der Waals surface area contributed by atoms with Crippen LogP contribution < -0.4 is 0 Å². The molecule has 2 rings (SSSR count). The molecule has 82 valence electrons. The van der Waals surface area contributed by atoms with Crippen LogP contribution >= 0.6 is 11.8 Å². The van der Waals surface area contributed by atoms with E-state index in [-0.39, 0.29) is 5.92 Å². The molecule has 0 saturated carbocycles. The van der Waals surface area contributed by atoms with Crippen molar-refractivity contribution in [3.63, 3.8) is 0 Å². The number of hydrogen-bond donors (Lipinski definition) is 1. The summed E-state index contributed by atoms with van der Waals surface area (Å²) in [5, 5.41) is 14.5. The molecule has 1 aliphatic carbocycles. The van der Waals surface area contributed by atoms with Crippen molar-refractivity contribution in [2.45, 2.75) is 24.3 Å². The highest BCUT2D eigenvalue weighted by Gasteiger charge is 2.28. The van der Waals surface area contributed by atoms with Gasteiger partial charge in [0.2, 0.25) is 0 Å². The maximum atomic E-state index is 10.9. The number of thioether (sulfide) groups is 1. The molecule has 1 aliphatic rings. The predicted octanol–water partition coefficient (Wildman–Crippen LogP) is 1.33. The summed E-state index contributed by atoms with van der Waals surface area (Å²) >= 11 is 1.64. The van der Waals surface area contributed by atoms with Crippen LogP contribution in [0.15, 0.2) is 5.03 Å². The second-order valence-corrected chi connectivity index (χ2v) is 4.63. The van der Waals surface area contributed by atoms with Crippen molar-refractivity contribution in [1.29, 1.82) is 0 Å². The average Bonchev–Trinajstić information content (AvgIpc) is 2.51. The predicted molar refractivity (Wildman–Crippen MR) is 58.1 cm³/mol. The lowest BCUT2D eigenvalue weighted by Crippen LogP contribution is -2.21. The molecule has 0 saturated heterocycles. The smallest absolute Gasteiger partial charge is 0.306 e. The molecule has 0 bridgehead atoms. The van der Waals surface area contributed by atoms with Crippen LogP contribution in [-0.2, 0) is 24.7 Å². The Morgan fingerprint density at radius 3 is 3.00 bits per heavy atom. The fourth-order valence-electron chi connectivity index (χ4n) is 2.14. The summed E-state index contributed by atoms with van der Waals surface area (Å²) in [6, 6.07) is 0. The Kier molecular flexibility index (Phi) is 2.73. The van der Waals surface area contributed by atoms with E-state index in [1.165, 1.54) is 0 Å². The number of carboxylic acids is 1. The van der Waals surface area contributed by atoms with E-state index in [0.717, 1.165) is 22.7 Å². The maximum Gasteiger partial charge on any atom is 0.306 e. The largest absolute Gasteiger partial charge is 0.481 e. The van der Waals surface area contributed by atoms with Gasteiger partial charge < -0.3 is 5.11 Å². The number of nitrogens with zero attached hydrogens (tertiary/aromatic N) is 2. The van der Waals surface area contributed by atoms with Crippen molar-refractivity contribution in [3.8, 4) is 0 Å². The van der Waals surface area contributed by atoms with Crippen LogP contribution in [0.5, 0.6) is 0 Å². The average molecular weight is 226 g/mol. The maximum absolute atomic E-state index is 10.9. The quantitative estimate of drug-likeness (QED) is 0.773. The van der Waals surface area contributed by atoms with E-state index >= 15 is 0 Å². The Labute approximate surface area is 92.7 Å². The minimum atomic E-state index is -0.684. The molecule has 1 aromatic heterocycles. The molecular formula is C10H14N2O2S. The molecule has 1 unspecified atom stereocenters. The number of aromatic nitrogens is 2. The SMILES string of the molecule is CSc1c2c(nn1C)CCC(C(=O)O)C2. The zero-order valence-electron chi connectivity index (χ0n) is 8.86. The molecule has 0 radical (unpaired) electrons. The minimum Gasteiger partial charge on any atom is -0.481 e. The van der Waals surface area contributed by atoms with E-state index < -0.39 is 5.97 Å². The van der Waals surface area contributed by atoms with E-state index in [0.29, 0.717) is 12.8 Å². The summed E-state index contributed by atoms with van der Waals surface area (Å²) in [5.74, 6) is -0.913. The number of hydrogen-bond acceptors (Lipinski definition) is 3. The Balaban J connectivity index is 2.34. The van der Waals surface area contributed by atoms with Gasteiger partial charge in [0.15, 0.2) is 0 Å². The third-order valence-electron chi connectivity index (χ3n) is 2.89. The van der Waals surface area contributed by atoms with Gasteiger partial charge in [-0.2, -0.15) is 5.10 Å². The van der Waals surface area contributed by atoms with E-state index in [2.05, 4.69) is 5.10 Å². The van der Waals surface area contributed by atoms with Crippen LogP contribution in [0.25, 0.3) is 0 Å². The van der Waals surface area contributed by atoms with Crippen LogP contribution in [0.1, 0.15) is 17.7 Å². The second kappa shape index (κ2) is 3.89. The van der Waals surface area contributed by atoms with Gasteiger partial charge >= 0.3 is 5.97 Å². The Morgan fingerprint density at radius 2 is 2.40 bits per heavy atom. The zero-order valence-corrected chi connectivity index (χ0v) is 9.67. The Morgan fingerprint density at radius 1 is 1.67 bits per heavy atom. The highest BCUT2D eigenvalue weighted by Crippen LogP contribution is 2.31. The van der Waals surface area contributed by atoms with Crippen LogP contribution in [0.2, 0.25) is 0 Å². The molecule has 1 N–H and O–H groups in total. The molecule has 1 aromatic rings. The molecule has 5 heteroatoms. The third kappa shape index (κ3) is 1.76. The molecular weight excluding hydrogens is 212 g/mol. The zero-order chi connectivity index (χ0) is 11.0. The standard InChI is InChI=1S/C10H14N2O2S/c1-12-9(15-2)7-5-6(10(13)14)3-4-8(7)11-12/h6H,3-5H2,1-2H3,(H,13,14). The van der Waals surface area contributed by atoms with Crippen LogP contribution in [-0.4, -0.2) is 27.1 Å². The number of aryl methyl sites for hydroxylation is 2. The van der Waals surface area contributed by atoms with Crippen molar-refractivity contribution in [3.05, 3.63) is 11.3 Å². The van der Waals surface area contributed by atoms with Crippen molar-refractivity contribution >= 4 is 17.7 Å². The lowest BCUT2D eigenvalue weighted by atomic mass is 9.88. The van der Waals surface area contributed by atoms with Crippen molar-refractivity contribution in [1.82, 2.24) is 9.78 Å². The lowest BCUT2D eigenvalue weighted by Gasteiger charge is -2.17.